The summed E-state index contributed by atoms with van der Waals surface area (Å²) >= 11 is 11.7. The van der Waals surface area contributed by atoms with Crippen molar-refractivity contribution in [2.24, 2.45) is 0 Å². The van der Waals surface area contributed by atoms with Crippen molar-refractivity contribution in [2.45, 2.75) is 12.6 Å². The van der Waals surface area contributed by atoms with Crippen molar-refractivity contribution >= 4 is 23.2 Å². The van der Waals surface area contributed by atoms with Gasteiger partial charge in [-0.25, -0.2) is 0 Å². The highest BCUT2D eigenvalue weighted by Gasteiger charge is 2.08. The molecule has 0 fully saturated rings. The Hall–Kier alpha value is -1.23. The maximum absolute atomic E-state index is 9.77. The second kappa shape index (κ2) is 6.09. The van der Waals surface area contributed by atoms with Crippen LogP contribution in [0.15, 0.2) is 36.7 Å². The van der Waals surface area contributed by atoms with Gasteiger partial charge in [0.25, 0.3) is 0 Å². The van der Waals surface area contributed by atoms with E-state index >= 15 is 0 Å². The van der Waals surface area contributed by atoms with Crippen molar-refractivity contribution < 1.29 is 9.84 Å². The quantitative estimate of drug-likeness (QED) is 0.919. The van der Waals surface area contributed by atoms with E-state index in [4.69, 9.17) is 27.9 Å². The Morgan fingerprint density at radius 3 is 2.89 bits per heavy atom. The molecule has 1 atom stereocenters. The molecule has 96 valence electrons. The maximum Gasteiger partial charge on any atom is 0.138 e. The molecule has 0 aliphatic rings. The summed E-state index contributed by atoms with van der Waals surface area (Å²) in [4.78, 5) is 0. The molecule has 0 amide bonds. The zero-order chi connectivity index (χ0) is 13.0. The normalized spacial score (nSPS) is 12.4. The molecular formula is C12H12Cl2N2O2. The van der Waals surface area contributed by atoms with E-state index in [1.807, 2.05) is 0 Å². The lowest BCUT2D eigenvalue weighted by Gasteiger charge is -2.13. The van der Waals surface area contributed by atoms with Crippen molar-refractivity contribution in [2.75, 3.05) is 6.61 Å². The first kappa shape index (κ1) is 13.2. The summed E-state index contributed by atoms with van der Waals surface area (Å²) < 4.78 is 7.06. The molecular weight excluding hydrogens is 275 g/mol. The number of aliphatic hydroxyl groups excluding tert-OH is 1. The third-order valence-corrected chi connectivity index (χ3v) is 2.81. The largest absolute Gasteiger partial charge is 0.489 e. The first-order valence-electron chi connectivity index (χ1n) is 5.38. The molecule has 2 aromatic rings. The third-order valence-electron chi connectivity index (χ3n) is 2.28. The molecule has 1 aromatic carbocycles. The van der Waals surface area contributed by atoms with Crippen LogP contribution in [0.4, 0.5) is 0 Å². The van der Waals surface area contributed by atoms with Gasteiger partial charge >= 0.3 is 0 Å². The standard InChI is InChI=1S/C12H12Cl2N2O2/c13-9-2-3-12(11(14)6-9)18-8-10(17)7-16-5-1-4-15-16/h1-6,10,17H,7-8H2. The molecule has 1 heterocycles. The number of benzene rings is 1. The highest BCUT2D eigenvalue weighted by Crippen LogP contribution is 2.27. The number of aliphatic hydroxyl groups is 1. The molecule has 0 radical (unpaired) electrons. The van der Waals surface area contributed by atoms with E-state index in [-0.39, 0.29) is 6.61 Å². The molecule has 0 saturated heterocycles. The Balaban J connectivity index is 1.87. The van der Waals surface area contributed by atoms with Crippen LogP contribution < -0.4 is 4.74 Å². The zero-order valence-corrected chi connectivity index (χ0v) is 11.0. The molecule has 0 aliphatic carbocycles. The first-order valence-corrected chi connectivity index (χ1v) is 6.14. The van der Waals surface area contributed by atoms with Gasteiger partial charge in [-0.15, -0.1) is 0 Å². The van der Waals surface area contributed by atoms with Crippen LogP contribution in [0.2, 0.25) is 10.0 Å². The number of halogens is 2. The van der Waals surface area contributed by atoms with Crippen LogP contribution in [0, 0.1) is 0 Å². The van der Waals surface area contributed by atoms with Gasteiger partial charge in [-0.3, -0.25) is 4.68 Å². The van der Waals surface area contributed by atoms with Crippen molar-refractivity contribution in [3.05, 3.63) is 46.7 Å². The smallest absolute Gasteiger partial charge is 0.138 e. The fourth-order valence-electron chi connectivity index (χ4n) is 1.46. The lowest BCUT2D eigenvalue weighted by molar-refractivity contribution is 0.0894. The van der Waals surface area contributed by atoms with Gasteiger partial charge in [0.2, 0.25) is 0 Å². The van der Waals surface area contributed by atoms with Crippen LogP contribution in [0.25, 0.3) is 0 Å². The molecule has 1 unspecified atom stereocenters. The van der Waals surface area contributed by atoms with Crippen LogP contribution in [-0.2, 0) is 6.54 Å². The van der Waals surface area contributed by atoms with Crippen LogP contribution in [0.5, 0.6) is 5.75 Å². The van der Waals surface area contributed by atoms with Crippen LogP contribution in [0.1, 0.15) is 0 Å². The molecule has 0 aliphatic heterocycles. The number of hydrogen-bond acceptors (Lipinski definition) is 3. The minimum atomic E-state index is -0.656. The monoisotopic (exact) mass is 286 g/mol. The molecule has 0 spiro atoms. The summed E-state index contributed by atoms with van der Waals surface area (Å²) in [6.07, 6.45) is 2.78. The fourth-order valence-corrected chi connectivity index (χ4v) is 1.92. The van der Waals surface area contributed by atoms with Gasteiger partial charge in [-0.1, -0.05) is 23.2 Å². The lowest BCUT2D eigenvalue weighted by atomic mass is 10.3. The Morgan fingerprint density at radius 2 is 2.22 bits per heavy atom. The molecule has 18 heavy (non-hydrogen) atoms. The van der Waals surface area contributed by atoms with Crippen molar-refractivity contribution in [1.29, 1.82) is 0 Å². The highest BCUT2D eigenvalue weighted by atomic mass is 35.5. The van der Waals surface area contributed by atoms with Gasteiger partial charge in [0.1, 0.15) is 18.5 Å². The van der Waals surface area contributed by atoms with Gasteiger partial charge < -0.3 is 9.84 Å². The minimum Gasteiger partial charge on any atom is -0.489 e. The van der Waals surface area contributed by atoms with Crippen LogP contribution in [-0.4, -0.2) is 27.6 Å². The fraction of sp³-hybridized carbons (Fsp3) is 0.250. The summed E-state index contributed by atoms with van der Waals surface area (Å²) in [6, 6.07) is 6.75. The van der Waals surface area contributed by atoms with E-state index in [0.717, 1.165) is 0 Å². The van der Waals surface area contributed by atoms with E-state index in [1.54, 1.807) is 41.3 Å². The van der Waals surface area contributed by atoms with E-state index in [1.165, 1.54) is 0 Å². The Morgan fingerprint density at radius 1 is 1.39 bits per heavy atom. The Labute approximate surface area is 115 Å². The van der Waals surface area contributed by atoms with Crippen molar-refractivity contribution in [3.8, 4) is 5.75 Å². The Bertz CT molecular complexity index is 503. The Kier molecular flexibility index (Phi) is 4.47. The molecule has 1 aromatic heterocycles. The van der Waals surface area contributed by atoms with Crippen molar-refractivity contribution in [1.82, 2.24) is 9.78 Å². The number of rotatable bonds is 5. The number of nitrogens with zero attached hydrogens (tertiary/aromatic N) is 2. The van der Waals surface area contributed by atoms with Crippen LogP contribution in [0.3, 0.4) is 0 Å². The number of ether oxygens (including phenoxy) is 1. The lowest BCUT2D eigenvalue weighted by Crippen LogP contribution is -2.23. The van der Waals surface area contributed by atoms with E-state index in [9.17, 15) is 5.11 Å². The summed E-state index contributed by atoms with van der Waals surface area (Å²) in [7, 11) is 0. The SMILES string of the molecule is OC(COc1ccc(Cl)cc1Cl)Cn1cccn1. The summed E-state index contributed by atoms with van der Waals surface area (Å²) in [5, 5.41) is 14.7. The molecule has 1 N–H and O–H groups in total. The summed E-state index contributed by atoms with van der Waals surface area (Å²) in [5.74, 6) is 0.501. The second-order valence-electron chi connectivity index (χ2n) is 3.77. The minimum absolute atomic E-state index is 0.140. The predicted octanol–water partition coefficient (Wildman–Crippen LogP) is 2.63. The summed E-state index contributed by atoms with van der Waals surface area (Å²) in [6.45, 7) is 0.513. The van der Waals surface area contributed by atoms with E-state index < -0.39 is 6.10 Å². The van der Waals surface area contributed by atoms with Gasteiger partial charge in [0.15, 0.2) is 0 Å². The van der Waals surface area contributed by atoms with Crippen molar-refractivity contribution in [3.63, 3.8) is 0 Å². The third kappa shape index (κ3) is 3.63. The van der Waals surface area contributed by atoms with Crippen LogP contribution >= 0.6 is 23.2 Å². The zero-order valence-electron chi connectivity index (χ0n) is 9.46. The maximum atomic E-state index is 9.77. The second-order valence-corrected chi connectivity index (χ2v) is 4.61. The molecule has 0 saturated carbocycles. The first-order chi connectivity index (χ1) is 8.65. The molecule has 6 heteroatoms. The molecule has 4 nitrogen and oxygen atoms in total. The highest BCUT2D eigenvalue weighted by molar-refractivity contribution is 6.35. The summed E-state index contributed by atoms with van der Waals surface area (Å²) in [5.41, 5.74) is 0. The van der Waals surface area contributed by atoms with E-state index in [0.29, 0.717) is 22.3 Å². The van der Waals surface area contributed by atoms with Gasteiger partial charge in [-0.05, 0) is 24.3 Å². The van der Waals surface area contributed by atoms with Gasteiger partial charge in [-0.2, -0.15) is 5.10 Å². The molecule has 0 bridgehead atoms. The predicted molar refractivity (Wildman–Crippen MR) is 70.2 cm³/mol. The average Bonchev–Trinajstić information content (AvgIpc) is 2.80. The van der Waals surface area contributed by atoms with Gasteiger partial charge in [0, 0.05) is 17.4 Å². The number of aromatic nitrogens is 2. The topological polar surface area (TPSA) is 47.3 Å². The number of hydrogen-bond donors (Lipinski definition) is 1. The molecule has 2 rings (SSSR count). The average molecular weight is 287 g/mol. The van der Waals surface area contributed by atoms with Gasteiger partial charge in [0.05, 0.1) is 11.6 Å². The van der Waals surface area contributed by atoms with E-state index in [2.05, 4.69) is 5.10 Å².